The molecule has 1 unspecified atom stereocenters. The Hall–Kier alpha value is -2.34. The molecule has 0 saturated carbocycles. The van der Waals surface area contributed by atoms with Crippen LogP contribution in [-0.2, 0) is 25.7 Å². The van der Waals surface area contributed by atoms with Crippen molar-refractivity contribution in [3.05, 3.63) is 81.9 Å². The van der Waals surface area contributed by atoms with E-state index >= 15 is 0 Å². The van der Waals surface area contributed by atoms with Crippen LogP contribution in [0.3, 0.4) is 0 Å². The van der Waals surface area contributed by atoms with Gasteiger partial charge >= 0.3 is 0 Å². The summed E-state index contributed by atoms with van der Waals surface area (Å²) in [5.74, 6) is -3.67. The second-order valence-electron chi connectivity index (χ2n) is 9.96. The maximum atomic E-state index is 14.5. The smallest absolute Gasteiger partial charge is 0.129 e. The van der Waals surface area contributed by atoms with E-state index in [1.165, 1.54) is 13.8 Å². The van der Waals surface area contributed by atoms with E-state index in [0.717, 1.165) is 24.3 Å². The van der Waals surface area contributed by atoms with Gasteiger partial charge in [0.2, 0.25) is 0 Å². The molecule has 2 aromatic rings. The predicted molar refractivity (Wildman–Crippen MR) is 133 cm³/mol. The van der Waals surface area contributed by atoms with E-state index in [1.807, 2.05) is 0 Å². The molecule has 38 heavy (non-hydrogen) atoms. The third kappa shape index (κ3) is 6.80. The molecule has 0 radical (unpaired) electrons. The normalized spacial score (nSPS) is 17.4. The minimum atomic E-state index is -2.90. The van der Waals surface area contributed by atoms with E-state index in [4.69, 9.17) is 0 Å². The lowest BCUT2D eigenvalue weighted by Crippen LogP contribution is -2.66. The van der Waals surface area contributed by atoms with E-state index in [9.17, 15) is 48.2 Å². The minimum absolute atomic E-state index is 0.0268. The van der Waals surface area contributed by atoms with Crippen molar-refractivity contribution < 1.29 is 48.2 Å². The first-order valence-corrected chi connectivity index (χ1v) is 12.3. The molecule has 0 amide bonds. The molecule has 0 heterocycles. The number of aliphatic hydroxyl groups excluding tert-OH is 4. The molecule has 0 aromatic heterocycles. The van der Waals surface area contributed by atoms with Gasteiger partial charge in [0.25, 0.3) is 0 Å². The van der Waals surface area contributed by atoms with Gasteiger partial charge in [-0.25, -0.2) is 17.6 Å². The molecule has 6 nitrogen and oxygen atoms in total. The summed E-state index contributed by atoms with van der Waals surface area (Å²) in [5, 5.41) is 64.8. The Balaban J connectivity index is 2.64. The number of benzene rings is 2. The molecule has 0 aliphatic rings. The highest BCUT2D eigenvalue weighted by Gasteiger charge is 2.54. The average molecular weight is 545 g/mol. The molecule has 212 valence electrons. The van der Waals surface area contributed by atoms with Crippen LogP contribution in [0.5, 0.6) is 0 Å². The Labute approximate surface area is 219 Å². The number of aliphatic hydroxyl groups is 6. The second kappa shape index (κ2) is 12.7. The monoisotopic (exact) mass is 544 g/mol. The van der Waals surface area contributed by atoms with Crippen molar-refractivity contribution in [2.45, 2.75) is 82.4 Å². The Morgan fingerprint density at radius 1 is 0.816 bits per heavy atom. The molecular formula is C28H36F4O6. The molecule has 0 fully saturated rings. The minimum Gasteiger partial charge on any atom is -0.394 e. The van der Waals surface area contributed by atoms with Gasteiger partial charge in [-0.05, 0) is 61.6 Å². The van der Waals surface area contributed by atoms with Crippen LogP contribution < -0.4 is 0 Å². The van der Waals surface area contributed by atoms with Crippen molar-refractivity contribution in [1.29, 1.82) is 0 Å². The third-order valence-electron chi connectivity index (χ3n) is 6.76. The van der Waals surface area contributed by atoms with Crippen LogP contribution in [0.1, 0.15) is 49.4 Å². The first-order chi connectivity index (χ1) is 17.6. The van der Waals surface area contributed by atoms with Crippen LogP contribution in [0.25, 0.3) is 0 Å². The zero-order chi connectivity index (χ0) is 29.0. The summed E-state index contributed by atoms with van der Waals surface area (Å²) in [6.45, 7) is 7.17. The van der Waals surface area contributed by atoms with Crippen LogP contribution in [-0.4, -0.2) is 66.8 Å². The van der Waals surface area contributed by atoms with Gasteiger partial charge in [-0.1, -0.05) is 19.4 Å². The average Bonchev–Trinajstić information content (AvgIpc) is 2.81. The standard InChI is InChI=1S/C28H36F4O6/c1-5-18-20(29)7-16(8-21(18)30)12-27(37,11-15(3)4)26(36)28(38,25(35)24(34)14-33)13-17-9-22(31)19(6-2)23(32)10-17/h7-10,24-26,33-38H,3,5-6,11-14H2,1-2,4H3/t24-,25+,26+,27?,28+/m0/s1. The highest BCUT2D eigenvalue weighted by Crippen LogP contribution is 2.36. The number of rotatable bonds is 13. The van der Waals surface area contributed by atoms with Gasteiger partial charge in [-0.3, -0.25) is 0 Å². The summed E-state index contributed by atoms with van der Waals surface area (Å²) in [7, 11) is 0. The summed E-state index contributed by atoms with van der Waals surface area (Å²) in [6, 6.07) is 3.68. The molecule has 6 N–H and O–H groups in total. The Morgan fingerprint density at radius 3 is 1.55 bits per heavy atom. The Bertz CT molecular complexity index is 1100. The maximum Gasteiger partial charge on any atom is 0.129 e. The van der Waals surface area contributed by atoms with E-state index in [0.29, 0.717) is 0 Å². The van der Waals surface area contributed by atoms with Crippen LogP contribution >= 0.6 is 0 Å². The summed E-state index contributed by atoms with van der Waals surface area (Å²) in [5.41, 5.74) is -5.80. The second-order valence-corrected chi connectivity index (χ2v) is 9.96. The molecule has 2 rings (SSSR count). The quantitative estimate of drug-likeness (QED) is 0.170. The number of halogens is 4. The van der Waals surface area contributed by atoms with Crippen molar-refractivity contribution in [1.82, 2.24) is 0 Å². The summed E-state index contributed by atoms with van der Waals surface area (Å²) in [6.07, 6.45) is -8.60. The van der Waals surface area contributed by atoms with E-state index in [1.54, 1.807) is 6.92 Å². The molecular weight excluding hydrogens is 508 g/mol. The molecule has 0 saturated heterocycles. The molecule has 0 spiro atoms. The van der Waals surface area contributed by atoms with Gasteiger partial charge in [0.1, 0.15) is 52.8 Å². The largest absolute Gasteiger partial charge is 0.394 e. The van der Waals surface area contributed by atoms with E-state index in [-0.39, 0.29) is 40.7 Å². The molecule has 0 aliphatic heterocycles. The van der Waals surface area contributed by atoms with E-state index < -0.39 is 78.7 Å². The van der Waals surface area contributed by atoms with Crippen molar-refractivity contribution >= 4 is 0 Å². The highest BCUT2D eigenvalue weighted by molar-refractivity contribution is 5.31. The fourth-order valence-corrected chi connectivity index (χ4v) is 4.91. The van der Waals surface area contributed by atoms with Gasteiger partial charge in [0.15, 0.2) is 0 Å². The van der Waals surface area contributed by atoms with Crippen molar-refractivity contribution in [2.75, 3.05) is 6.61 Å². The molecule has 5 atom stereocenters. The molecule has 10 heteroatoms. The Kier molecular flexibility index (Phi) is 10.6. The van der Waals surface area contributed by atoms with Gasteiger partial charge in [-0.2, -0.15) is 0 Å². The maximum absolute atomic E-state index is 14.5. The van der Waals surface area contributed by atoms with Crippen LogP contribution in [0, 0.1) is 23.3 Å². The van der Waals surface area contributed by atoms with Crippen LogP contribution in [0.4, 0.5) is 17.6 Å². The van der Waals surface area contributed by atoms with Gasteiger partial charge < -0.3 is 30.6 Å². The summed E-state index contributed by atoms with van der Waals surface area (Å²) in [4.78, 5) is 0. The lowest BCUT2D eigenvalue weighted by molar-refractivity contribution is -0.228. The SMILES string of the molecule is C=C(C)CC(O)(Cc1cc(F)c(CC)c(F)c1)[C@@H](O)[C@@](O)(Cc1cc(F)c(CC)c(F)c1)[C@H](O)[C@@H](O)CO. The first kappa shape index (κ1) is 31.9. The number of hydrogen-bond acceptors (Lipinski definition) is 6. The van der Waals surface area contributed by atoms with Crippen molar-refractivity contribution in [3.8, 4) is 0 Å². The van der Waals surface area contributed by atoms with Gasteiger partial charge in [0, 0.05) is 24.0 Å². The predicted octanol–water partition coefficient (Wildman–Crippen LogP) is 2.66. The topological polar surface area (TPSA) is 121 Å². The van der Waals surface area contributed by atoms with Crippen LogP contribution in [0.2, 0.25) is 0 Å². The van der Waals surface area contributed by atoms with Crippen LogP contribution in [0.15, 0.2) is 36.4 Å². The molecule has 0 bridgehead atoms. The summed E-state index contributed by atoms with van der Waals surface area (Å²) >= 11 is 0. The van der Waals surface area contributed by atoms with E-state index in [2.05, 4.69) is 6.58 Å². The molecule has 0 aliphatic carbocycles. The zero-order valence-corrected chi connectivity index (χ0v) is 21.7. The molecule has 2 aromatic carbocycles. The number of hydrogen-bond donors (Lipinski definition) is 6. The van der Waals surface area contributed by atoms with Gasteiger partial charge in [-0.15, -0.1) is 6.58 Å². The fraction of sp³-hybridized carbons (Fsp3) is 0.500. The summed E-state index contributed by atoms with van der Waals surface area (Å²) < 4.78 is 57.9. The Morgan fingerprint density at radius 2 is 1.21 bits per heavy atom. The van der Waals surface area contributed by atoms with Crippen molar-refractivity contribution in [3.63, 3.8) is 0 Å². The fourth-order valence-electron chi connectivity index (χ4n) is 4.91. The lowest BCUT2D eigenvalue weighted by Gasteiger charge is -2.46. The lowest BCUT2D eigenvalue weighted by atomic mass is 9.71. The third-order valence-corrected chi connectivity index (χ3v) is 6.76. The zero-order valence-electron chi connectivity index (χ0n) is 21.7. The van der Waals surface area contributed by atoms with Crippen molar-refractivity contribution in [2.24, 2.45) is 0 Å². The van der Waals surface area contributed by atoms with Gasteiger partial charge in [0.05, 0.1) is 6.61 Å². The highest BCUT2D eigenvalue weighted by atomic mass is 19.1. The first-order valence-electron chi connectivity index (χ1n) is 12.3.